The quantitative estimate of drug-likeness (QED) is 0.748. The summed E-state index contributed by atoms with van der Waals surface area (Å²) in [5.41, 5.74) is 4.67. The van der Waals surface area contributed by atoms with E-state index in [0.29, 0.717) is 25.8 Å². The molecule has 0 bridgehead atoms. The van der Waals surface area contributed by atoms with E-state index in [1.54, 1.807) is 6.92 Å². The molecule has 0 saturated carbocycles. The lowest BCUT2D eigenvalue weighted by Crippen LogP contribution is -2.26. The van der Waals surface area contributed by atoms with Gasteiger partial charge in [-0.1, -0.05) is 55.5 Å². The van der Waals surface area contributed by atoms with Crippen LogP contribution in [-0.2, 0) is 22.4 Å². The molecule has 0 aromatic heterocycles. The van der Waals surface area contributed by atoms with Crippen molar-refractivity contribution >= 4 is 11.7 Å². The average Bonchev–Trinajstić information content (AvgIpc) is 2.59. The van der Waals surface area contributed by atoms with Crippen molar-refractivity contribution in [3.8, 4) is 11.1 Å². The normalized spacial score (nSPS) is 10.4. The Bertz CT molecular complexity index is 672. The predicted octanol–water partition coefficient (Wildman–Crippen LogP) is 3.94. The van der Waals surface area contributed by atoms with Gasteiger partial charge in [-0.25, -0.2) is 0 Å². The molecule has 0 fully saturated rings. The van der Waals surface area contributed by atoms with Gasteiger partial charge in [0.2, 0.25) is 5.91 Å². The van der Waals surface area contributed by atoms with Gasteiger partial charge in [-0.15, -0.1) is 0 Å². The van der Waals surface area contributed by atoms with Crippen LogP contribution in [0.5, 0.6) is 0 Å². The first kappa shape index (κ1) is 17.9. The Morgan fingerprint density at radius 2 is 1.42 bits per heavy atom. The first-order valence-electron chi connectivity index (χ1n) is 8.53. The number of hydrogen-bond acceptors (Lipinski definition) is 2. The lowest BCUT2D eigenvalue weighted by molar-refractivity contribution is -0.121. The highest BCUT2D eigenvalue weighted by molar-refractivity contribution is 5.79. The Kier molecular flexibility index (Phi) is 6.74. The summed E-state index contributed by atoms with van der Waals surface area (Å²) in [5, 5.41) is 2.85. The Morgan fingerprint density at radius 3 is 1.92 bits per heavy atom. The third-order valence-electron chi connectivity index (χ3n) is 4.04. The minimum absolute atomic E-state index is 0.00130. The van der Waals surface area contributed by atoms with Gasteiger partial charge >= 0.3 is 0 Å². The second kappa shape index (κ2) is 9.02. The number of ketones is 1. The second-order valence-electron chi connectivity index (χ2n) is 6.08. The van der Waals surface area contributed by atoms with Crippen LogP contribution in [0.15, 0.2) is 48.5 Å². The Morgan fingerprint density at radius 1 is 0.875 bits per heavy atom. The van der Waals surface area contributed by atoms with Crippen LogP contribution in [0, 0.1) is 0 Å². The number of carbonyl (C=O) groups excluding carboxylic acids is 2. The molecule has 126 valence electrons. The van der Waals surface area contributed by atoms with Crippen LogP contribution < -0.4 is 5.32 Å². The van der Waals surface area contributed by atoms with Crippen LogP contribution in [0.4, 0.5) is 0 Å². The zero-order valence-electron chi connectivity index (χ0n) is 14.5. The monoisotopic (exact) mass is 323 g/mol. The van der Waals surface area contributed by atoms with Crippen LogP contribution in [-0.4, -0.2) is 18.2 Å². The van der Waals surface area contributed by atoms with E-state index in [-0.39, 0.29) is 11.7 Å². The van der Waals surface area contributed by atoms with Crippen molar-refractivity contribution in [2.24, 2.45) is 0 Å². The third kappa shape index (κ3) is 5.65. The summed E-state index contributed by atoms with van der Waals surface area (Å²) in [6.07, 6.45) is 2.63. The predicted molar refractivity (Wildman–Crippen MR) is 97.9 cm³/mol. The maximum atomic E-state index is 11.9. The number of Topliss-reactive ketones (excluding diaryl/α,β-unsaturated/α-hetero) is 1. The molecule has 1 N–H and O–H groups in total. The molecule has 0 unspecified atom stereocenters. The molecule has 0 aliphatic carbocycles. The summed E-state index contributed by atoms with van der Waals surface area (Å²) in [6, 6.07) is 16.7. The van der Waals surface area contributed by atoms with Gasteiger partial charge in [0.25, 0.3) is 0 Å². The molecule has 3 nitrogen and oxygen atoms in total. The molecule has 0 spiro atoms. The Hall–Kier alpha value is -2.42. The van der Waals surface area contributed by atoms with Crippen molar-refractivity contribution < 1.29 is 9.59 Å². The van der Waals surface area contributed by atoms with Crippen LogP contribution in [0.2, 0.25) is 0 Å². The zero-order valence-corrected chi connectivity index (χ0v) is 14.5. The maximum absolute atomic E-state index is 11.9. The van der Waals surface area contributed by atoms with Gasteiger partial charge in [0, 0.05) is 13.0 Å². The SMILES string of the molecule is CCc1ccc(-c2ccc(CC(=O)NCCCC(C)=O)cc2)cc1. The van der Waals surface area contributed by atoms with Crippen LogP contribution in [0.25, 0.3) is 11.1 Å². The van der Waals surface area contributed by atoms with Crippen LogP contribution >= 0.6 is 0 Å². The number of nitrogens with one attached hydrogen (secondary N) is 1. The summed E-state index contributed by atoms with van der Waals surface area (Å²) in [6.45, 7) is 4.27. The molecule has 0 saturated heterocycles. The molecule has 1 amide bonds. The van der Waals surface area contributed by atoms with Crippen molar-refractivity contribution in [3.63, 3.8) is 0 Å². The van der Waals surface area contributed by atoms with E-state index in [1.165, 1.54) is 11.1 Å². The summed E-state index contributed by atoms with van der Waals surface area (Å²) >= 11 is 0. The van der Waals surface area contributed by atoms with Crippen molar-refractivity contribution in [1.29, 1.82) is 0 Å². The van der Waals surface area contributed by atoms with Gasteiger partial charge in [0.15, 0.2) is 0 Å². The second-order valence-corrected chi connectivity index (χ2v) is 6.08. The van der Waals surface area contributed by atoms with E-state index in [1.807, 2.05) is 12.1 Å². The maximum Gasteiger partial charge on any atom is 0.224 e. The van der Waals surface area contributed by atoms with Crippen LogP contribution in [0.1, 0.15) is 37.8 Å². The van der Waals surface area contributed by atoms with Gasteiger partial charge < -0.3 is 10.1 Å². The van der Waals surface area contributed by atoms with Crippen molar-refractivity contribution in [2.45, 2.75) is 39.5 Å². The first-order valence-corrected chi connectivity index (χ1v) is 8.53. The first-order chi connectivity index (χ1) is 11.6. The molecule has 2 aromatic carbocycles. The Labute approximate surface area is 144 Å². The highest BCUT2D eigenvalue weighted by Crippen LogP contribution is 2.20. The van der Waals surface area contributed by atoms with Crippen molar-refractivity contribution in [3.05, 3.63) is 59.7 Å². The highest BCUT2D eigenvalue weighted by atomic mass is 16.1. The van der Waals surface area contributed by atoms with E-state index in [0.717, 1.165) is 17.5 Å². The van der Waals surface area contributed by atoms with Crippen molar-refractivity contribution in [1.82, 2.24) is 5.32 Å². The molecule has 0 atom stereocenters. The number of hydrogen-bond donors (Lipinski definition) is 1. The van der Waals surface area contributed by atoms with Gasteiger partial charge in [0.05, 0.1) is 6.42 Å². The molecule has 2 aromatic rings. The number of rotatable bonds is 8. The standard InChI is InChI=1S/C21H25NO2/c1-3-17-6-10-19(11-7-17)20-12-8-18(9-13-20)15-21(24)22-14-4-5-16(2)23/h6-13H,3-5,14-15H2,1-2H3,(H,22,24). The minimum Gasteiger partial charge on any atom is -0.356 e. The largest absolute Gasteiger partial charge is 0.356 e. The minimum atomic E-state index is -0.00130. The van der Waals surface area contributed by atoms with Gasteiger partial charge in [-0.05, 0) is 42.0 Å². The molecule has 0 radical (unpaired) electrons. The zero-order chi connectivity index (χ0) is 17.4. The summed E-state index contributed by atoms with van der Waals surface area (Å²) < 4.78 is 0. The molecular weight excluding hydrogens is 298 g/mol. The smallest absolute Gasteiger partial charge is 0.224 e. The molecule has 0 aliphatic heterocycles. The van der Waals surface area contributed by atoms with Gasteiger partial charge in [0.1, 0.15) is 5.78 Å². The van der Waals surface area contributed by atoms with Crippen LogP contribution in [0.3, 0.4) is 0 Å². The summed E-state index contributed by atoms with van der Waals surface area (Å²) in [5.74, 6) is 0.158. The molecule has 24 heavy (non-hydrogen) atoms. The Balaban J connectivity index is 1.87. The van der Waals surface area contributed by atoms with Crippen molar-refractivity contribution in [2.75, 3.05) is 6.54 Å². The molecule has 2 rings (SSSR count). The van der Waals surface area contributed by atoms with E-state index in [4.69, 9.17) is 0 Å². The van der Waals surface area contributed by atoms with E-state index in [2.05, 4.69) is 48.6 Å². The lowest BCUT2D eigenvalue weighted by atomic mass is 10.0. The molecule has 0 aliphatic rings. The fourth-order valence-electron chi connectivity index (χ4n) is 2.56. The molecule has 3 heteroatoms. The van der Waals surface area contributed by atoms with E-state index >= 15 is 0 Å². The van der Waals surface area contributed by atoms with E-state index < -0.39 is 0 Å². The number of carbonyl (C=O) groups is 2. The number of amides is 1. The highest BCUT2D eigenvalue weighted by Gasteiger charge is 2.04. The third-order valence-corrected chi connectivity index (χ3v) is 4.04. The lowest BCUT2D eigenvalue weighted by Gasteiger charge is -2.07. The number of benzene rings is 2. The van der Waals surface area contributed by atoms with Gasteiger partial charge in [-0.3, -0.25) is 4.79 Å². The molecular formula is C21H25NO2. The fraction of sp³-hybridized carbons (Fsp3) is 0.333. The topological polar surface area (TPSA) is 46.2 Å². The average molecular weight is 323 g/mol. The van der Waals surface area contributed by atoms with Gasteiger partial charge in [-0.2, -0.15) is 0 Å². The van der Waals surface area contributed by atoms with E-state index in [9.17, 15) is 9.59 Å². The summed E-state index contributed by atoms with van der Waals surface area (Å²) in [4.78, 5) is 22.7. The molecule has 0 heterocycles. The fourth-order valence-corrected chi connectivity index (χ4v) is 2.56. The summed E-state index contributed by atoms with van der Waals surface area (Å²) in [7, 11) is 0. The number of aryl methyl sites for hydroxylation is 1.